The maximum Gasteiger partial charge on any atom is 0.224 e. The summed E-state index contributed by atoms with van der Waals surface area (Å²) in [7, 11) is 0. The lowest BCUT2D eigenvalue weighted by Crippen LogP contribution is -2.42. The molecule has 1 atom stereocenters. The molecule has 19 heavy (non-hydrogen) atoms. The highest BCUT2D eigenvalue weighted by molar-refractivity contribution is 5.85. The van der Waals surface area contributed by atoms with Gasteiger partial charge in [-0.15, -0.1) is 12.4 Å². The van der Waals surface area contributed by atoms with Crippen molar-refractivity contribution in [1.82, 2.24) is 10.6 Å². The quantitative estimate of drug-likeness (QED) is 0.835. The highest BCUT2D eigenvalue weighted by Gasteiger charge is 2.23. The number of amides is 1. The first-order valence-electron chi connectivity index (χ1n) is 7.78. The lowest BCUT2D eigenvalue weighted by Gasteiger charge is -2.29. The van der Waals surface area contributed by atoms with Crippen LogP contribution in [0.3, 0.4) is 0 Å². The second kappa shape index (κ2) is 8.80. The third-order valence-corrected chi connectivity index (χ3v) is 4.78. The van der Waals surface area contributed by atoms with Gasteiger partial charge in [0.2, 0.25) is 5.91 Å². The lowest BCUT2D eigenvalue weighted by molar-refractivity contribution is -0.125. The van der Waals surface area contributed by atoms with E-state index in [1.54, 1.807) is 0 Å². The van der Waals surface area contributed by atoms with Gasteiger partial charge in [-0.1, -0.05) is 26.2 Å². The summed E-state index contributed by atoms with van der Waals surface area (Å²) >= 11 is 0. The molecule has 0 aromatic heterocycles. The largest absolute Gasteiger partial charge is 0.356 e. The third kappa shape index (κ3) is 5.31. The van der Waals surface area contributed by atoms with Crippen LogP contribution in [0.25, 0.3) is 0 Å². The number of hydrogen-bond acceptors (Lipinski definition) is 2. The molecule has 1 heterocycles. The van der Waals surface area contributed by atoms with Crippen molar-refractivity contribution in [1.29, 1.82) is 0 Å². The van der Waals surface area contributed by atoms with Gasteiger partial charge in [0, 0.05) is 13.1 Å². The Hall–Kier alpha value is -0.280. The summed E-state index contributed by atoms with van der Waals surface area (Å²) < 4.78 is 0. The second-order valence-electron chi connectivity index (χ2n) is 6.08. The van der Waals surface area contributed by atoms with Crippen molar-refractivity contribution in [2.24, 2.45) is 17.8 Å². The molecule has 2 fully saturated rings. The molecule has 1 unspecified atom stereocenters. The zero-order valence-electron chi connectivity index (χ0n) is 12.1. The molecule has 1 saturated heterocycles. The van der Waals surface area contributed by atoms with Gasteiger partial charge < -0.3 is 10.6 Å². The Morgan fingerprint density at radius 3 is 2.42 bits per heavy atom. The molecule has 1 aliphatic heterocycles. The van der Waals surface area contributed by atoms with Gasteiger partial charge in [-0.05, 0) is 44.1 Å². The van der Waals surface area contributed by atoms with Gasteiger partial charge in [-0.2, -0.15) is 0 Å². The van der Waals surface area contributed by atoms with Crippen molar-refractivity contribution in [3.8, 4) is 0 Å². The zero-order valence-corrected chi connectivity index (χ0v) is 12.9. The maximum absolute atomic E-state index is 12.0. The Labute approximate surface area is 123 Å². The van der Waals surface area contributed by atoms with E-state index in [0.29, 0.717) is 0 Å². The molecule has 0 bridgehead atoms. The van der Waals surface area contributed by atoms with Crippen LogP contribution >= 0.6 is 12.4 Å². The van der Waals surface area contributed by atoms with Crippen LogP contribution in [0.5, 0.6) is 0 Å². The maximum atomic E-state index is 12.0. The van der Waals surface area contributed by atoms with Crippen LogP contribution in [-0.2, 0) is 4.79 Å². The fourth-order valence-corrected chi connectivity index (χ4v) is 3.31. The minimum Gasteiger partial charge on any atom is -0.356 e. The molecule has 2 rings (SSSR count). The predicted octanol–water partition coefficient (Wildman–Crippen LogP) is 2.74. The highest BCUT2D eigenvalue weighted by atomic mass is 35.5. The van der Waals surface area contributed by atoms with E-state index in [0.717, 1.165) is 44.3 Å². The number of carbonyl (C=O) groups is 1. The smallest absolute Gasteiger partial charge is 0.224 e. The first-order chi connectivity index (χ1) is 8.79. The van der Waals surface area contributed by atoms with Crippen LogP contribution in [0.1, 0.15) is 51.9 Å². The SMILES string of the molecule is CCC1CCC(CNC(=O)C2CCCNC2)CC1.Cl. The van der Waals surface area contributed by atoms with Crippen LogP contribution in [-0.4, -0.2) is 25.5 Å². The summed E-state index contributed by atoms with van der Waals surface area (Å²) in [4.78, 5) is 12.0. The Morgan fingerprint density at radius 1 is 1.16 bits per heavy atom. The number of carbonyl (C=O) groups excluding carboxylic acids is 1. The molecule has 0 aromatic carbocycles. The summed E-state index contributed by atoms with van der Waals surface area (Å²) in [6.07, 6.45) is 8.86. The van der Waals surface area contributed by atoms with Gasteiger partial charge in [-0.3, -0.25) is 4.79 Å². The second-order valence-corrected chi connectivity index (χ2v) is 6.08. The summed E-state index contributed by atoms with van der Waals surface area (Å²) in [5.41, 5.74) is 0. The van der Waals surface area contributed by atoms with E-state index in [1.165, 1.54) is 32.1 Å². The number of hydrogen-bond donors (Lipinski definition) is 2. The Morgan fingerprint density at radius 2 is 1.84 bits per heavy atom. The van der Waals surface area contributed by atoms with Crippen LogP contribution in [0.4, 0.5) is 0 Å². The Kier molecular flexibility index (Phi) is 7.77. The molecule has 0 radical (unpaired) electrons. The Bertz CT molecular complexity index is 259. The van der Waals surface area contributed by atoms with Crippen LogP contribution < -0.4 is 10.6 Å². The van der Waals surface area contributed by atoms with Gasteiger partial charge in [0.05, 0.1) is 5.92 Å². The number of nitrogens with one attached hydrogen (secondary N) is 2. The van der Waals surface area contributed by atoms with Gasteiger partial charge in [-0.25, -0.2) is 0 Å². The topological polar surface area (TPSA) is 41.1 Å². The molecule has 1 aliphatic carbocycles. The molecule has 2 N–H and O–H groups in total. The van der Waals surface area contributed by atoms with Gasteiger partial charge in [0.25, 0.3) is 0 Å². The molecule has 4 heteroatoms. The summed E-state index contributed by atoms with van der Waals surface area (Å²) in [5, 5.41) is 6.48. The normalized spacial score (nSPS) is 31.3. The van der Waals surface area contributed by atoms with Crippen molar-refractivity contribution in [3.05, 3.63) is 0 Å². The molecule has 3 nitrogen and oxygen atoms in total. The van der Waals surface area contributed by atoms with E-state index in [9.17, 15) is 4.79 Å². The Balaban J connectivity index is 0.00000180. The van der Waals surface area contributed by atoms with Gasteiger partial charge >= 0.3 is 0 Å². The van der Waals surface area contributed by atoms with Crippen LogP contribution in [0, 0.1) is 17.8 Å². The van der Waals surface area contributed by atoms with E-state index in [-0.39, 0.29) is 24.2 Å². The first kappa shape index (κ1) is 16.8. The number of rotatable bonds is 4. The molecular weight excluding hydrogens is 260 g/mol. The fourth-order valence-electron chi connectivity index (χ4n) is 3.31. The highest BCUT2D eigenvalue weighted by Crippen LogP contribution is 2.30. The monoisotopic (exact) mass is 288 g/mol. The van der Waals surface area contributed by atoms with Gasteiger partial charge in [0.1, 0.15) is 0 Å². The fraction of sp³-hybridized carbons (Fsp3) is 0.933. The van der Waals surface area contributed by atoms with Crippen LogP contribution in [0.2, 0.25) is 0 Å². The molecule has 2 aliphatic rings. The van der Waals surface area contributed by atoms with Crippen molar-refractivity contribution >= 4 is 18.3 Å². The van der Waals surface area contributed by atoms with E-state index in [1.807, 2.05) is 0 Å². The summed E-state index contributed by atoms with van der Waals surface area (Å²) in [6.45, 7) is 5.15. The van der Waals surface area contributed by atoms with E-state index in [2.05, 4.69) is 17.6 Å². The van der Waals surface area contributed by atoms with Crippen molar-refractivity contribution < 1.29 is 4.79 Å². The molecule has 1 saturated carbocycles. The lowest BCUT2D eigenvalue weighted by atomic mass is 9.81. The zero-order chi connectivity index (χ0) is 12.8. The average Bonchev–Trinajstić information content (AvgIpc) is 2.46. The van der Waals surface area contributed by atoms with Crippen molar-refractivity contribution in [2.75, 3.05) is 19.6 Å². The first-order valence-corrected chi connectivity index (χ1v) is 7.78. The molecule has 112 valence electrons. The number of halogens is 1. The summed E-state index contributed by atoms with van der Waals surface area (Å²) in [5.74, 6) is 2.17. The van der Waals surface area contributed by atoms with E-state index < -0.39 is 0 Å². The average molecular weight is 289 g/mol. The predicted molar refractivity (Wildman–Crippen MR) is 81.6 cm³/mol. The molecule has 1 amide bonds. The number of piperidine rings is 1. The molecule has 0 spiro atoms. The standard InChI is InChI=1S/C15H28N2O.ClH/c1-2-12-5-7-13(8-6-12)10-17-15(18)14-4-3-9-16-11-14;/h12-14,16H,2-11H2,1H3,(H,17,18);1H. The minimum absolute atomic E-state index is 0. The molecular formula is C15H29ClN2O. The third-order valence-electron chi connectivity index (χ3n) is 4.78. The minimum atomic E-state index is 0. The van der Waals surface area contributed by atoms with E-state index >= 15 is 0 Å². The van der Waals surface area contributed by atoms with Crippen LogP contribution in [0.15, 0.2) is 0 Å². The van der Waals surface area contributed by atoms with Gasteiger partial charge in [0.15, 0.2) is 0 Å². The van der Waals surface area contributed by atoms with Crippen molar-refractivity contribution in [2.45, 2.75) is 51.9 Å². The molecule has 0 aromatic rings. The van der Waals surface area contributed by atoms with Crippen molar-refractivity contribution in [3.63, 3.8) is 0 Å². The van der Waals surface area contributed by atoms with E-state index in [4.69, 9.17) is 0 Å². The summed E-state index contributed by atoms with van der Waals surface area (Å²) in [6, 6.07) is 0.